The minimum absolute atomic E-state index is 0. The molecule has 0 spiro atoms. The molecule has 0 aromatic heterocycles. The number of esters is 1. The molecule has 2 rings (SSSR count). The van der Waals surface area contributed by atoms with Gasteiger partial charge >= 0.3 is 5.97 Å². The first-order chi connectivity index (χ1) is 11.1. The second-order valence-corrected chi connectivity index (χ2v) is 6.00. The number of carbonyl (C=O) groups excluding carboxylic acids is 1. The van der Waals surface area contributed by atoms with Crippen LogP contribution in [0.3, 0.4) is 0 Å². The molecule has 0 aliphatic heterocycles. The molecule has 0 aliphatic rings. The zero-order chi connectivity index (χ0) is 16.7. The van der Waals surface area contributed by atoms with Gasteiger partial charge in [-0.3, -0.25) is 4.79 Å². The van der Waals surface area contributed by atoms with Crippen molar-refractivity contribution in [1.82, 2.24) is 4.90 Å². The highest BCUT2D eigenvalue weighted by Crippen LogP contribution is 2.25. The number of nitrogens with zero attached hydrogens (tertiary/aromatic N) is 1. The summed E-state index contributed by atoms with van der Waals surface area (Å²) in [5, 5.41) is 0. The van der Waals surface area contributed by atoms with E-state index in [2.05, 4.69) is 18.7 Å². The van der Waals surface area contributed by atoms with Crippen molar-refractivity contribution in [3.8, 4) is 0 Å². The molecule has 3 nitrogen and oxygen atoms in total. The molecular formula is C20H26ClNO2. The summed E-state index contributed by atoms with van der Waals surface area (Å²) >= 11 is 0. The van der Waals surface area contributed by atoms with Crippen LogP contribution in [0.15, 0.2) is 60.7 Å². The van der Waals surface area contributed by atoms with E-state index in [1.54, 1.807) is 0 Å². The molecule has 0 N–H and O–H groups in total. The molecular weight excluding hydrogens is 322 g/mol. The van der Waals surface area contributed by atoms with Crippen molar-refractivity contribution in [1.29, 1.82) is 0 Å². The van der Waals surface area contributed by atoms with E-state index in [1.807, 2.05) is 67.7 Å². The van der Waals surface area contributed by atoms with Gasteiger partial charge < -0.3 is 9.64 Å². The van der Waals surface area contributed by atoms with E-state index in [9.17, 15) is 4.79 Å². The Morgan fingerprint density at radius 2 is 1.42 bits per heavy atom. The Kier molecular flexibility index (Phi) is 8.51. The molecule has 0 bridgehead atoms. The lowest BCUT2D eigenvalue weighted by molar-refractivity contribution is -0.144. The zero-order valence-corrected chi connectivity index (χ0v) is 15.3. The molecule has 24 heavy (non-hydrogen) atoms. The van der Waals surface area contributed by atoms with Crippen LogP contribution in [0.25, 0.3) is 0 Å². The molecule has 0 aliphatic carbocycles. The average Bonchev–Trinajstić information content (AvgIpc) is 2.57. The van der Waals surface area contributed by atoms with Crippen LogP contribution in [0.1, 0.15) is 30.9 Å². The van der Waals surface area contributed by atoms with Gasteiger partial charge in [0.1, 0.15) is 12.5 Å². The van der Waals surface area contributed by atoms with Gasteiger partial charge in [0.25, 0.3) is 0 Å². The predicted octanol–water partition coefficient (Wildman–Crippen LogP) is 4.12. The highest BCUT2D eigenvalue weighted by atomic mass is 35.5. The van der Waals surface area contributed by atoms with Gasteiger partial charge in [0.05, 0.1) is 0 Å². The number of ether oxygens (including phenoxy) is 1. The van der Waals surface area contributed by atoms with E-state index >= 15 is 0 Å². The van der Waals surface area contributed by atoms with E-state index in [4.69, 9.17) is 4.74 Å². The molecule has 0 unspecified atom stereocenters. The number of benzene rings is 2. The van der Waals surface area contributed by atoms with Crippen molar-refractivity contribution in [2.75, 3.05) is 20.2 Å². The summed E-state index contributed by atoms with van der Waals surface area (Å²) in [6, 6.07) is 20.0. The zero-order valence-electron chi connectivity index (χ0n) is 14.5. The molecule has 0 saturated carbocycles. The fourth-order valence-corrected chi connectivity index (χ4v) is 2.39. The van der Waals surface area contributed by atoms with Crippen LogP contribution in [0.5, 0.6) is 0 Å². The summed E-state index contributed by atoms with van der Waals surface area (Å²) in [6.45, 7) is 5.39. The maximum Gasteiger partial charge on any atom is 0.317 e. The van der Waals surface area contributed by atoms with Gasteiger partial charge in [0.2, 0.25) is 0 Å². The summed E-state index contributed by atoms with van der Waals surface area (Å²) in [5.41, 5.74) is 1.92. The lowest BCUT2D eigenvalue weighted by Gasteiger charge is -2.22. The van der Waals surface area contributed by atoms with Crippen molar-refractivity contribution >= 4 is 18.4 Å². The van der Waals surface area contributed by atoms with Crippen LogP contribution < -0.4 is 0 Å². The predicted molar refractivity (Wildman–Crippen MR) is 101 cm³/mol. The van der Waals surface area contributed by atoms with Crippen LogP contribution >= 0.6 is 12.4 Å². The molecule has 2 aromatic rings. The summed E-state index contributed by atoms with van der Waals surface area (Å²) in [7, 11) is 2.03. The first-order valence-electron chi connectivity index (χ1n) is 8.06. The first-order valence-corrected chi connectivity index (χ1v) is 8.06. The summed E-state index contributed by atoms with van der Waals surface area (Å²) in [6.07, 6.45) is 0. The van der Waals surface area contributed by atoms with Crippen molar-refractivity contribution in [2.24, 2.45) is 0 Å². The molecule has 130 valence electrons. The molecule has 0 heterocycles. The third-order valence-corrected chi connectivity index (χ3v) is 4.07. The maximum absolute atomic E-state index is 12.7. The van der Waals surface area contributed by atoms with Crippen LogP contribution in [-0.2, 0) is 9.53 Å². The minimum Gasteiger partial charge on any atom is -0.464 e. The van der Waals surface area contributed by atoms with Crippen LogP contribution in [0.2, 0.25) is 0 Å². The standard InChI is InChI=1S/C20H25NO2.ClH/c1-16(2)21(3)14-15-23-20(22)19(17-10-6-4-7-11-17)18-12-8-5-9-13-18;/h4-13,16,19H,14-15H2,1-3H3;1H. The van der Waals surface area contributed by atoms with Gasteiger partial charge in [-0.2, -0.15) is 0 Å². The Labute approximate surface area is 151 Å². The number of carbonyl (C=O) groups is 1. The topological polar surface area (TPSA) is 29.5 Å². The molecule has 0 atom stereocenters. The van der Waals surface area contributed by atoms with Gasteiger partial charge in [0.15, 0.2) is 0 Å². The van der Waals surface area contributed by atoms with E-state index in [1.165, 1.54) is 0 Å². The Hall–Kier alpha value is -1.84. The highest BCUT2D eigenvalue weighted by molar-refractivity contribution is 5.85. The van der Waals surface area contributed by atoms with Crippen LogP contribution in [-0.4, -0.2) is 37.1 Å². The van der Waals surface area contributed by atoms with Crippen LogP contribution in [0, 0.1) is 0 Å². The monoisotopic (exact) mass is 347 g/mol. The molecule has 2 aromatic carbocycles. The van der Waals surface area contributed by atoms with E-state index in [0.29, 0.717) is 12.6 Å². The van der Waals surface area contributed by atoms with Gasteiger partial charge in [-0.25, -0.2) is 0 Å². The van der Waals surface area contributed by atoms with Crippen LogP contribution in [0.4, 0.5) is 0 Å². The number of hydrogen-bond donors (Lipinski definition) is 0. The van der Waals surface area contributed by atoms with E-state index in [0.717, 1.165) is 17.7 Å². The third-order valence-electron chi connectivity index (χ3n) is 4.07. The summed E-state index contributed by atoms with van der Waals surface area (Å²) < 4.78 is 5.55. The Morgan fingerprint density at radius 1 is 0.958 bits per heavy atom. The highest BCUT2D eigenvalue weighted by Gasteiger charge is 2.24. The minimum atomic E-state index is -0.373. The molecule has 4 heteroatoms. The number of hydrogen-bond acceptors (Lipinski definition) is 3. The van der Waals surface area contributed by atoms with Crippen molar-refractivity contribution < 1.29 is 9.53 Å². The lowest BCUT2D eigenvalue weighted by atomic mass is 9.91. The SMILES string of the molecule is CC(C)N(C)CCOC(=O)C(c1ccccc1)c1ccccc1.Cl. The van der Waals surface area contributed by atoms with Gasteiger partial charge in [-0.15, -0.1) is 12.4 Å². The van der Waals surface area contributed by atoms with E-state index < -0.39 is 0 Å². The second kappa shape index (κ2) is 10.1. The average molecular weight is 348 g/mol. The number of halogens is 1. The summed E-state index contributed by atoms with van der Waals surface area (Å²) in [4.78, 5) is 14.8. The van der Waals surface area contributed by atoms with Crippen molar-refractivity contribution in [3.63, 3.8) is 0 Å². The summed E-state index contributed by atoms with van der Waals surface area (Å²) in [5.74, 6) is -0.568. The van der Waals surface area contributed by atoms with Crippen molar-refractivity contribution in [3.05, 3.63) is 71.8 Å². The quantitative estimate of drug-likeness (QED) is 0.705. The Balaban J connectivity index is 0.00000288. The fraction of sp³-hybridized carbons (Fsp3) is 0.350. The normalized spacial score (nSPS) is 10.8. The second-order valence-electron chi connectivity index (χ2n) is 6.00. The Bertz CT molecular complexity index is 562. The fourth-order valence-electron chi connectivity index (χ4n) is 2.39. The van der Waals surface area contributed by atoms with Crippen molar-refractivity contribution in [2.45, 2.75) is 25.8 Å². The first kappa shape index (κ1) is 20.2. The number of rotatable bonds is 7. The van der Waals surface area contributed by atoms with Gasteiger partial charge in [-0.1, -0.05) is 60.7 Å². The number of likely N-dealkylation sites (N-methyl/N-ethyl adjacent to an activating group) is 1. The maximum atomic E-state index is 12.7. The molecule has 0 amide bonds. The largest absolute Gasteiger partial charge is 0.464 e. The molecule has 0 saturated heterocycles. The van der Waals surface area contributed by atoms with Gasteiger partial charge in [-0.05, 0) is 32.0 Å². The molecule has 0 fully saturated rings. The third kappa shape index (κ3) is 5.66. The van der Waals surface area contributed by atoms with E-state index in [-0.39, 0.29) is 24.3 Å². The Morgan fingerprint density at radius 3 is 1.83 bits per heavy atom. The smallest absolute Gasteiger partial charge is 0.317 e. The lowest BCUT2D eigenvalue weighted by Crippen LogP contribution is -2.31. The van der Waals surface area contributed by atoms with Gasteiger partial charge in [0, 0.05) is 12.6 Å². The molecule has 0 radical (unpaired) electrons.